The van der Waals surface area contributed by atoms with Crippen LogP contribution in [0.25, 0.3) is 0 Å². The molecule has 0 saturated carbocycles. The Balaban J connectivity index is 2.79. The molecule has 0 atom stereocenters. The van der Waals surface area contributed by atoms with Gasteiger partial charge in [0.1, 0.15) is 0 Å². The number of anilines is 1. The van der Waals surface area contributed by atoms with Gasteiger partial charge in [0, 0.05) is 18.1 Å². The molecule has 0 unspecified atom stereocenters. The third-order valence-electron chi connectivity index (χ3n) is 2.50. The normalized spacial score (nSPS) is 10.0. The van der Waals surface area contributed by atoms with Crippen molar-refractivity contribution in [1.29, 1.82) is 0 Å². The second-order valence-corrected chi connectivity index (χ2v) is 4.55. The number of carbonyl (C=O) groups excluding carboxylic acids is 2. The van der Waals surface area contributed by atoms with Crippen molar-refractivity contribution < 1.29 is 9.59 Å². The molecule has 5 heteroatoms. The molecule has 1 aromatic rings. The van der Waals surface area contributed by atoms with Gasteiger partial charge in [0.15, 0.2) is 0 Å². The molecule has 1 aromatic carbocycles. The standard InChI is InChI=1S/C13H17ClN2O2/c1-8-6-9(2)11(10(3)7-8)16-13(18)12(17)15-5-4-14/h6-7H,4-5H2,1-3H3,(H,15,17)(H,16,18). The Morgan fingerprint density at radius 1 is 1.11 bits per heavy atom. The number of benzene rings is 1. The van der Waals surface area contributed by atoms with Crippen molar-refractivity contribution in [3.63, 3.8) is 0 Å². The second-order valence-electron chi connectivity index (χ2n) is 4.17. The van der Waals surface area contributed by atoms with Crippen molar-refractivity contribution in [2.75, 3.05) is 17.7 Å². The molecular weight excluding hydrogens is 252 g/mol. The number of halogens is 1. The lowest BCUT2D eigenvalue weighted by atomic mass is 10.1. The highest BCUT2D eigenvalue weighted by Gasteiger charge is 2.15. The van der Waals surface area contributed by atoms with E-state index in [1.807, 2.05) is 32.9 Å². The van der Waals surface area contributed by atoms with E-state index in [0.29, 0.717) is 5.69 Å². The maximum Gasteiger partial charge on any atom is 0.313 e. The van der Waals surface area contributed by atoms with Crippen molar-refractivity contribution in [2.45, 2.75) is 20.8 Å². The third-order valence-corrected chi connectivity index (χ3v) is 2.69. The van der Waals surface area contributed by atoms with Gasteiger partial charge in [0.05, 0.1) is 0 Å². The largest absolute Gasteiger partial charge is 0.347 e. The van der Waals surface area contributed by atoms with Gasteiger partial charge in [-0.2, -0.15) is 0 Å². The summed E-state index contributed by atoms with van der Waals surface area (Å²) >= 11 is 5.43. The summed E-state index contributed by atoms with van der Waals surface area (Å²) in [6.07, 6.45) is 0. The minimum absolute atomic E-state index is 0.277. The Hall–Kier alpha value is -1.55. The van der Waals surface area contributed by atoms with Gasteiger partial charge in [-0.15, -0.1) is 11.6 Å². The van der Waals surface area contributed by atoms with E-state index in [0.717, 1.165) is 16.7 Å². The van der Waals surface area contributed by atoms with Gasteiger partial charge >= 0.3 is 11.8 Å². The molecule has 18 heavy (non-hydrogen) atoms. The Morgan fingerprint density at radius 2 is 1.67 bits per heavy atom. The van der Waals surface area contributed by atoms with Gasteiger partial charge in [-0.05, 0) is 31.9 Å². The summed E-state index contributed by atoms with van der Waals surface area (Å²) in [5.74, 6) is -1.06. The smallest absolute Gasteiger partial charge is 0.313 e. The van der Waals surface area contributed by atoms with Gasteiger partial charge in [-0.3, -0.25) is 9.59 Å². The highest BCUT2D eigenvalue weighted by atomic mass is 35.5. The van der Waals surface area contributed by atoms with E-state index in [1.165, 1.54) is 0 Å². The van der Waals surface area contributed by atoms with Crippen molar-refractivity contribution in [3.8, 4) is 0 Å². The highest BCUT2D eigenvalue weighted by Crippen LogP contribution is 2.21. The molecule has 0 saturated heterocycles. The molecule has 0 bridgehead atoms. The Morgan fingerprint density at radius 3 is 2.17 bits per heavy atom. The van der Waals surface area contributed by atoms with Crippen LogP contribution in [0.3, 0.4) is 0 Å². The monoisotopic (exact) mass is 268 g/mol. The zero-order valence-corrected chi connectivity index (χ0v) is 11.5. The maximum absolute atomic E-state index is 11.6. The molecule has 0 aromatic heterocycles. The number of alkyl halides is 1. The van der Waals surface area contributed by atoms with Crippen molar-refractivity contribution in [3.05, 3.63) is 28.8 Å². The fourth-order valence-electron chi connectivity index (χ4n) is 1.79. The first-order valence-corrected chi connectivity index (χ1v) is 6.22. The number of hydrogen-bond donors (Lipinski definition) is 2. The van der Waals surface area contributed by atoms with E-state index in [4.69, 9.17) is 11.6 Å². The number of aryl methyl sites for hydroxylation is 3. The van der Waals surface area contributed by atoms with Gasteiger partial charge in [0.2, 0.25) is 0 Å². The second kappa shape index (κ2) is 6.40. The van der Waals surface area contributed by atoms with Gasteiger partial charge < -0.3 is 10.6 Å². The Bertz CT molecular complexity index is 449. The summed E-state index contributed by atoms with van der Waals surface area (Å²) in [5, 5.41) is 5.04. The van der Waals surface area contributed by atoms with Crippen molar-refractivity contribution in [2.24, 2.45) is 0 Å². The summed E-state index contributed by atoms with van der Waals surface area (Å²) < 4.78 is 0. The van der Waals surface area contributed by atoms with Crippen LogP contribution in [0.5, 0.6) is 0 Å². The Kier molecular flexibility index (Phi) is 5.16. The number of rotatable bonds is 3. The lowest BCUT2D eigenvalue weighted by Gasteiger charge is -2.12. The van der Waals surface area contributed by atoms with Gasteiger partial charge in [-0.25, -0.2) is 0 Å². The van der Waals surface area contributed by atoms with Gasteiger partial charge in [-0.1, -0.05) is 17.7 Å². The zero-order valence-electron chi connectivity index (χ0n) is 10.8. The highest BCUT2D eigenvalue weighted by molar-refractivity contribution is 6.39. The molecule has 0 aliphatic heterocycles. The molecule has 4 nitrogen and oxygen atoms in total. The predicted octanol–water partition coefficient (Wildman–Crippen LogP) is 1.91. The van der Waals surface area contributed by atoms with Crippen LogP contribution in [0.4, 0.5) is 5.69 Å². The van der Waals surface area contributed by atoms with Crippen LogP contribution in [-0.4, -0.2) is 24.2 Å². The van der Waals surface area contributed by atoms with E-state index in [1.54, 1.807) is 0 Å². The lowest BCUT2D eigenvalue weighted by molar-refractivity contribution is -0.136. The van der Waals surface area contributed by atoms with Crippen LogP contribution in [0.15, 0.2) is 12.1 Å². The first-order valence-electron chi connectivity index (χ1n) is 5.68. The lowest BCUT2D eigenvalue weighted by Crippen LogP contribution is -2.36. The van der Waals surface area contributed by atoms with Crippen LogP contribution < -0.4 is 10.6 Å². The summed E-state index contributed by atoms with van der Waals surface area (Å²) in [6, 6.07) is 3.92. The maximum atomic E-state index is 11.6. The van der Waals surface area contributed by atoms with E-state index >= 15 is 0 Å². The summed E-state index contributed by atoms with van der Waals surface area (Å²) in [5.41, 5.74) is 3.68. The minimum atomic E-state index is -0.671. The number of amides is 2. The topological polar surface area (TPSA) is 58.2 Å². The first kappa shape index (κ1) is 14.5. The van der Waals surface area contributed by atoms with Crippen LogP contribution in [-0.2, 0) is 9.59 Å². The first-order chi connectivity index (χ1) is 8.45. The summed E-state index contributed by atoms with van der Waals surface area (Å²) in [7, 11) is 0. The molecule has 98 valence electrons. The predicted molar refractivity (Wildman–Crippen MR) is 73.0 cm³/mol. The van der Waals surface area contributed by atoms with Crippen LogP contribution in [0, 0.1) is 20.8 Å². The molecule has 0 spiro atoms. The van der Waals surface area contributed by atoms with Crippen LogP contribution in [0.1, 0.15) is 16.7 Å². The van der Waals surface area contributed by atoms with Crippen molar-refractivity contribution in [1.82, 2.24) is 5.32 Å². The SMILES string of the molecule is Cc1cc(C)c(NC(=O)C(=O)NCCCl)c(C)c1. The fourth-order valence-corrected chi connectivity index (χ4v) is 1.88. The average molecular weight is 269 g/mol. The molecule has 0 heterocycles. The van der Waals surface area contributed by atoms with Crippen LogP contribution in [0.2, 0.25) is 0 Å². The number of carbonyl (C=O) groups is 2. The average Bonchev–Trinajstić information content (AvgIpc) is 2.30. The minimum Gasteiger partial charge on any atom is -0.347 e. The van der Waals surface area contributed by atoms with E-state index < -0.39 is 11.8 Å². The molecular formula is C13H17ClN2O2. The molecule has 0 aliphatic carbocycles. The third kappa shape index (κ3) is 3.74. The number of hydrogen-bond acceptors (Lipinski definition) is 2. The van der Waals surface area contributed by atoms with E-state index in [-0.39, 0.29) is 12.4 Å². The van der Waals surface area contributed by atoms with E-state index in [2.05, 4.69) is 10.6 Å². The molecule has 1 rings (SSSR count). The van der Waals surface area contributed by atoms with E-state index in [9.17, 15) is 9.59 Å². The number of nitrogens with one attached hydrogen (secondary N) is 2. The fraction of sp³-hybridized carbons (Fsp3) is 0.385. The van der Waals surface area contributed by atoms with Gasteiger partial charge in [0.25, 0.3) is 0 Å². The molecule has 0 fully saturated rings. The molecule has 0 radical (unpaired) electrons. The van der Waals surface area contributed by atoms with Crippen LogP contribution >= 0.6 is 11.6 Å². The quantitative estimate of drug-likeness (QED) is 0.650. The zero-order chi connectivity index (χ0) is 13.7. The molecule has 0 aliphatic rings. The summed E-state index contributed by atoms with van der Waals surface area (Å²) in [4.78, 5) is 23.1. The molecule has 2 amide bonds. The molecule has 2 N–H and O–H groups in total. The summed E-state index contributed by atoms with van der Waals surface area (Å²) in [6.45, 7) is 6.05. The van der Waals surface area contributed by atoms with Crippen molar-refractivity contribution >= 4 is 29.1 Å². The Labute approximate surface area is 112 Å².